The quantitative estimate of drug-likeness (QED) is 0.430. The van der Waals surface area contributed by atoms with Gasteiger partial charge in [-0.25, -0.2) is 4.98 Å². The van der Waals surface area contributed by atoms with E-state index in [-0.39, 0.29) is 17.1 Å². The first-order valence-electron chi connectivity index (χ1n) is 15.5. The average Bonchev–Trinajstić information content (AvgIpc) is 3.19. The molecule has 2 aromatic carbocycles. The Hall–Kier alpha value is -2.94. The summed E-state index contributed by atoms with van der Waals surface area (Å²) in [5, 5.41) is 10.9. The van der Waals surface area contributed by atoms with Gasteiger partial charge in [-0.15, -0.1) is 0 Å². The first kappa shape index (κ1) is 29.5. The van der Waals surface area contributed by atoms with Crippen LogP contribution in [0.5, 0.6) is 5.75 Å². The number of hydrogen-bond donors (Lipinski definition) is 1. The lowest BCUT2D eigenvalue weighted by Crippen LogP contribution is -2.50. The number of fused-ring (bicyclic) bond motifs is 1. The van der Waals surface area contributed by atoms with Crippen LogP contribution in [0.25, 0.3) is 10.9 Å². The number of likely N-dealkylation sites (N-methyl/N-ethyl adjacent to an activating group) is 1. The summed E-state index contributed by atoms with van der Waals surface area (Å²) in [6.45, 7) is 10.9. The molecule has 1 aromatic heterocycles. The molecule has 1 unspecified atom stereocenters. The number of phenols is 1. The number of benzene rings is 2. The van der Waals surface area contributed by atoms with E-state index in [1.807, 2.05) is 22.8 Å². The highest BCUT2D eigenvalue weighted by Gasteiger charge is 2.38. The van der Waals surface area contributed by atoms with Gasteiger partial charge in [0.1, 0.15) is 11.6 Å². The zero-order chi connectivity index (χ0) is 29.1. The second-order valence-electron chi connectivity index (χ2n) is 12.2. The minimum atomic E-state index is -0.124. The van der Waals surface area contributed by atoms with Crippen molar-refractivity contribution in [3.63, 3.8) is 0 Å². The topological polar surface area (TPSA) is 68.1 Å². The predicted molar refractivity (Wildman–Crippen MR) is 168 cm³/mol. The fourth-order valence-electron chi connectivity index (χ4n) is 7.03. The third-order valence-electron chi connectivity index (χ3n) is 9.53. The van der Waals surface area contributed by atoms with Gasteiger partial charge in [-0.3, -0.25) is 19.2 Å². The van der Waals surface area contributed by atoms with Gasteiger partial charge in [0.05, 0.1) is 16.9 Å². The van der Waals surface area contributed by atoms with E-state index in [1.165, 1.54) is 0 Å². The fourth-order valence-corrected chi connectivity index (χ4v) is 7.03. The van der Waals surface area contributed by atoms with Gasteiger partial charge in [0.2, 0.25) is 0 Å². The molecule has 2 fully saturated rings. The summed E-state index contributed by atoms with van der Waals surface area (Å²) >= 11 is 0. The Balaban J connectivity index is 1.47. The summed E-state index contributed by atoms with van der Waals surface area (Å²) in [6, 6.07) is 14.1. The van der Waals surface area contributed by atoms with Crippen molar-refractivity contribution in [2.45, 2.75) is 64.1 Å². The second-order valence-corrected chi connectivity index (χ2v) is 12.2. The molecule has 2 aliphatic rings. The third kappa shape index (κ3) is 5.87. The van der Waals surface area contributed by atoms with Crippen LogP contribution in [0.15, 0.2) is 47.3 Å². The van der Waals surface area contributed by atoms with Crippen LogP contribution in [0.1, 0.15) is 63.4 Å². The zero-order valence-corrected chi connectivity index (χ0v) is 25.6. The molecule has 8 nitrogen and oxygen atoms in total. The number of hydrogen-bond acceptors (Lipinski definition) is 7. The van der Waals surface area contributed by atoms with Gasteiger partial charge in [-0.1, -0.05) is 25.5 Å². The van der Waals surface area contributed by atoms with Crippen LogP contribution >= 0.6 is 0 Å². The van der Waals surface area contributed by atoms with Gasteiger partial charge in [0, 0.05) is 50.5 Å². The fraction of sp³-hybridized carbons (Fsp3) is 0.576. The van der Waals surface area contributed by atoms with E-state index in [4.69, 9.17) is 4.98 Å². The predicted octanol–water partition coefficient (Wildman–Crippen LogP) is 4.66. The second kappa shape index (κ2) is 12.5. The molecule has 1 atom stereocenters. The van der Waals surface area contributed by atoms with E-state index in [9.17, 15) is 9.90 Å². The SMILES string of the molecule is CCCC(c1nc2cc(N3CCC(c4cccc(O)c4)(N(C)C)CC3)ccc2c(=O)n1CC)N1CCCN(C)CC1. The average molecular weight is 561 g/mol. The summed E-state index contributed by atoms with van der Waals surface area (Å²) in [5.74, 6) is 1.23. The van der Waals surface area contributed by atoms with E-state index in [1.54, 1.807) is 6.07 Å². The molecule has 8 heteroatoms. The number of rotatable bonds is 8. The molecular formula is C33H48N6O2. The van der Waals surface area contributed by atoms with Gasteiger partial charge in [0.25, 0.3) is 5.56 Å². The standard InChI is InChI=1S/C33H48N6O2/c1-6-10-30(38-18-9-17-36(5)21-22-38)31-34-29-24-26(13-14-28(29)32(41)39(31)7-2)37-19-15-33(16-20-37,35(3)4)25-11-8-12-27(40)23-25/h8,11-14,23-24,30,40H,6-7,9-10,15-22H2,1-5H3. The van der Waals surface area contributed by atoms with E-state index in [0.29, 0.717) is 17.7 Å². The molecule has 0 saturated carbocycles. The maximum absolute atomic E-state index is 13.8. The van der Waals surface area contributed by atoms with Gasteiger partial charge < -0.3 is 14.9 Å². The third-order valence-corrected chi connectivity index (χ3v) is 9.53. The lowest BCUT2D eigenvalue weighted by atomic mass is 9.79. The molecule has 0 bridgehead atoms. The largest absolute Gasteiger partial charge is 0.508 e. The highest BCUT2D eigenvalue weighted by Crippen LogP contribution is 2.40. The van der Waals surface area contributed by atoms with Gasteiger partial charge in [-0.2, -0.15) is 0 Å². The number of nitrogens with zero attached hydrogens (tertiary/aromatic N) is 6. The number of piperidine rings is 1. The van der Waals surface area contributed by atoms with E-state index >= 15 is 0 Å². The van der Waals surface area contributed by atoms with Crippen LogP contribution in [0, 0.1) is 0 Å². The van der Waals surface area contributed by atoms with Crippen molar-refractivity contribution in [2.75, 3.05) is 65.3 Å². The van der Waals surface area contributed by atoms with Crippen LogP contribution in [-0.4, -0.2) is 89.8 Å². The Bertz CT molecular complexity index is 1390. The Morgan fingerprint density at radius 1 is 1.00 bits per heavy atom. The molecule has 41 heavy (non-hydrogen) atoms. The lowest BCUT2D eigenvalue weighted by molar-refractivity contribution is 0.115. The maximum Gasteiger partial charge on any atom is 0.261 e. The van der Waals surface area contributed by atoms with Crippen molar-refractivity contribution in [3.8, 4) is 5.75 Å². The molecule has 0 amide bonds. The highest BCUT2D eigenvalue weighted by atomic mass is 16.3. The Morgan fingerprint density at radius 3 is 2.46 bits per heavy atom. The molecule has 1 N–H and O–H groups in total. The Kier molecular flexibility index (Phi) is 9.02. The zero-order valence-electron chi connectivity index (χ0n) is 25.6. The molecular weight excluding hydrogens is 512 g/mol. The molecule has 3 heterocycles. The minimum Gasteiger partial charge on any atom is -0.508 e. The van der Waals surface area contributed by atoms with Crippen molar-refractivity contribution in [1.29, 1.82) is 0 Å². The Morgan fingerprint density at radius 2 is 1.78 bits per heavy atom. The van der Waals surface area contributed by atoms with E-state index in [2.05, 4.69) is 72.8 Å². The minimum absolute atomic E-state index is 0.0706. The van der Waals surface area contributed by atoms with Crippen LogP contribution in [-0.2, 0) is 12.1 Å². The number of aromatic hydroxyl groups is 1. The normalized spacial score (nSPS) is 19.5. The van der Waals surface area contributed by atoms with Crippen molar-refractivity contribution < 1.29 is 5.11 Å². The van der Waals surface area contributed by atoms with Crippen LogP contribution in [0.4, 0.5) is 5.69 Å². The van der Waals surface area contributed by atoms with E-state index < -0.39 is 0 Å². The molecule has 222 valence electrons. The van der Waals surface area contributed by atoms with Gasteiger partial charge >= 0.3 is 0 Å². The van der Waals surface area contributed by atoms with Crippen LogP contribution in [0.2, 0.25) is 0 Å². The maximum atomic E-state index is 13.8. The van der Waals surface area contributed by atoms with Crippen LogP contribution in [0.3, 0.4) is 0 Å². The molecule has 2 saturated heterocycles. The van der Waals surface area contributed by atoms with Crippen LogP contribution < -0.4 is 10.5 Å². The summed E-state index contributed by atoms with van der Waals surface area (Å²) in [6.07, 6.45) is 5.07. The van der Waals surface area contributed by atoms with Crippen molar-refractivity contribution in [3.05, 3.63) is 64.2 Å². The van der Waals surface area contributed by atoms with Crippen molar-refractivity contribution in [1.82, 2.24) is 24.3 Å². The summed E-state index contributed by atoms with van der Waals surface area (Å²) in [4.78, 5) is 28.7. The smallest absolute Gasteiger partial charge is 0.261 e. The monoisotopic (exact) mass is 560 g/mol. The summed E-state index contributed by atoms with van der Waals surface area (Å²) < 4.78 is 1.92. The first-order valence-corrected chi connectivity index (χ1v) is 15.5. The molecule has 0 aliphatic carbocycles. The molecule has 5 rings (SSSR count). The van der Waals surface area contributed by atoms with Gasteiger partial charge in [0.15, 0.2) is 0 Å². The van der Waals surface area contributed by atoms with Crippen molar-refractivity contribution in [2.24, 2.45) is 0 Å². The first-order chi connectivity index (χ1) is 19.8. The molecule has 0 radical (unpaired) electrons. The van der Waals surface area contributed by atoms with Gasteiger partial charge in [-0.05, 0) is 96.2 Å². The highest BCUT2D eigenvalue weighted by molar-refractivity contribution is 5.82. The van der Waals surface area contributed by atoms with Crippen molar-refractivity contribution >= 4 is 16.6 Å². The molecule has 0 spiro atoms. The Labute approximate surface area is 245 Å². The number of aromatic nitrogens is 2. The number of anilines is 1. The number of phenolic OH excluding ortho intramolecular Hbond substituents is 1. The summed E-state index contributed by atoms with van der Waals surface area (Å²) in [7, 11) is 6.47. The molecule has 3 aromatic rings. The molecule has 2 aliphatic heterocycles. The summed E-state index contributed by atoms with van der Waals surface area (Å²) in [5.41, 5.74) is 3.03. The lowest BCUT2D eigenvalue weighted by Gasteiger charge is -2.47. The van der Waals surface area contributed by atoms with E-state index in [0.717, 1.165) is 94.0 Å².